The number of ether oxygens (including phenoxy) is 1. The summed E-state index contributed by atoms with van der Waals surface area (Å²) in [4.78, 5) is 0. The number of rotatable bonds is 4. The molecule has 1 atom stereocenters. The van der Waals surface area contributed by atoms with Crippen molar-refractivity contribution in [1.29, 1.82) is 0 Å². The minimum absolute atomic E-state index is 0.0638. The van der Waals surface area contributed by atoms with Crippen molar-refractivity contribution >= 4 is 11.6 Å². The van der Waals surface area contributed by atoms with Crippen molar-refractivity contribution in [3.63, 3.8) is 0 Å². The van der Waals surface area contributed by atoms with Crippen LogP contribution in [0.2, 0.25) is 5.02 Å². The van der Waals surface area contributed by atoms with E-state index in [1.807, 2.05) is 19.9 Å². The quantitative estimate of drug-likeness (QED) is 0.902. The Kier molecular flexibility index (Phi) is 4.63. The summed E-state index contributed by atoms with van der Waals surface area (Å²) < 4.78 is 19.2. The van der Waals surface area contributed by atoms with Crippen LogP contribution in [0.4, 0.5) is 4.39 Å². The third-order valence-corrected chi connectivity index (χ3v) is 3.35. The van der Waals surface area contributed by atoms with Gasteiger partial charge < -0.3 is 10.5 Å². The fraction of sp³-hybridized carbons (Fsp3) is 0.250. The molecule has 0 aliphatic carbocycles. The van der Waals surface area contributed by atoms with Crippen LogP contribution in [0.3, 0.4) is 0 Å². The van der Waals surface area contributed by atoms with Crippen molar-refractivity contribution in [2.75, 3.05) is 0 Å². The molecule has 2 rings (SSSR count). The predicted octanol–water partition coefficient (Wildman–Crippen LogP) is 4.47. The first-order valence-corrected chi connectivity index (χ1v) is 6.81. The third kappa shape index (κ3) is 3.71. The standard InChI is InChI=1S/C16H17ClFNO/c1-10-7-14(4-5-15(10)17)20-16-6-3-13(18)9-12(16)8-11(2)19/h3-7,9,11H,8,19H2,1-2H3. The maximum absolute atomic E-state index is 13.3. The Balaban J connectivity index is 2.30. The summed E-state index contributed by atoms with van der Waals surface area (Å²) in [7, 11) is 0. The van der Waals surface area contributed by atoms with Gasteiger partial charge in [0.1, 0.15) is 17.3 Å². The van der Waals surface area contributed by atoms with Crippen molar-refractivity contribution in [3.05, 3.63) is 58.4 Å². The van der Waals surface area contributed by atoms with Crippen molar-refractivity contribution < 1.29 is 9.13 Å². The van der Waals surface area contributed by atoms with Gasteiger partial charge in [0.15, 0.2) is 0 Å². The Morgan fingerprint density at radius 1 is 1.25 bits per heavy atom. The number of hydrogen-bond acceptors (Lipinski definition) is 2. The van der Waals surface area contributed by atoms with Gasteiger partial charge in [0, 0.05) is 11.1 Å². The summed E-state index contributed by atoms with van der Waals surface area (Å²) in [6.45, 7) is 3.78. The molecule has 2 N–H and O–H groups in total. The summed E-state index contributed by atoms with van der Waals surface area (Å²) in [6.07, 6.45) is 0.555. The lowest BCUT2D eigenvalue weighted by molar-refractivity contribution is 0.471. The molecule has 2 aromatic rings. The number of aryl methyl sites for hydroxylation is 1. The van der Waals surface area contributed by atoms with Gasteiger partial charge in [-0.1, -0.05) is 11.6 Å². The lowest BCUT2D eigenvalue weighted by atomic mass is 10.1. The van der Waals surface area contributed by atoms with Crippen LogP contribution in [0.5, 0.6) is 11.5 Å². The number of nitrogens with two attached hydrogens (primary N) is 1. The summed E-state index contributed by atoms with van der Waals surface area (Å²) in [5, 5.41) is 0.687. The molecule has 106 valence electrons. The van der Waals surface area contributed by atoms with E-state index in [9.17, 15) is 4.39 Å². The highest BCUT2D eigenvalue weighted by Gasteiger charge is 2.09. The van der Waals surface area contributed by atoms with Gasteiger partial charge in [-0.25, -0.2) is 4.39 Å². The SMILES string of the molecule is Cc1cc(Oc2ccc(F)cc2CC(C)N)ccc1Cl. The third-order valence-electron chi connectivity index (χ3n) is 2.92. The summed E-state index contributed by atoms with van der Waals surface area (Å²) >= 11 is 5.98. The van der Waals surface area contributed by atoms with Gasteiger partial charge in [-0.2, -0.15) is 0 Å². The van der Waals surface area contributed by atoms with Gasteiger partial charge in [0.2, 0.25) is 0 Å². The average Bonchev–Trinajstić information content (AvgIpc) is 2.36. The van der Waals surface area contributed by atoms with Crippen LogP contribution < -0.4 is 10.5 Å². The van der Waals surface area contributed by atoms with E-state index in [1.54, 1.807) is 18.2 Å². The Morgan fingerprint density at radius 2 is 2.00 bits per heavy atom. The highest BCUT2D eigenvalue weighted by molar-refractivity contribution is 6.31. The second-order valence-electron chi connectivity index (χ2n) is 4.95. The van der Waals surface area contributed by atoms with E-state index in [4.69, 9.17) is 22.1 Å². The molecule has 0 aromatic heterocycles. The first kappa shape index (κ1) is 14.8. The monoisotopic (exact) mass is 293 g/mol. The van der Waals surface area contributed by atoms with Crippen LogP contribution >= 0.6 is 11.6 Å². The zero-order valence-electron chi connectivity index (χ0n) is 11.5. The minimum atomic E-state index is -0.291. The first-order chi connectivity index (χ1) is 9.45. The summed E-state index contributed by atoms with van der Waals surface area (Å²) in [6, 6.07) is 9.81. The molecule has 2 nitrogen and oxygen atoms in total. The molecule has 0 fully saturated rings. The Morgan fingerprint density at radius 3 is 2.65 bits per heavy atom. The van der Waals surface area contributed by atoms with Gasteiger partial charge >= 0.3 is 0 Å². The largest absolute Gasteiger partial charge is 0.457 e. The molecule has 20 heavy (non-hydrogen) atoms. The fourth-order valence-electron chi connectivity index (χ4n) is 1.96. The maximum atomic E-state index is 13.3. The van der Waals surface area contributed by atoms with Crippen molar-refractivity contribution in [2.24, 2.45) is 5.73 Å². The van der Waals surface area contributed by atoms with Gasteiger partial charge in [-0.15, -0.1) is 0 Å². The molecule has 0 saturated carbocycles. The molecule has 0 aliphatic rings. The van der Waals surface area contributed by atoms with Crippen LogP contribution in [0.1, 0.15) is 18.1 Å². The Hall–Kier alpha value is -1.58. The summed E-state index contributed by atoms with van der Waals surface area (Å²) in [5.74, 6) is 0.996. The van der Waals surface area contributed by atoms with Gasteiger partial charge in [-0.05, 0) is 67.8 Å². The highest BCUT2D eigenvalue weighted by atomic mass is 35.5. The second kappa shape index (κ2) is 6.25. The number of benzene rings is 2. The van der Waals surface area contributed by atoms with Crippen LogP contribution in [0.25, 0.3) is 0 Å². The van der Waals surface area contributed by atoms with E-state index in [1.165, 1.54) is 12.1 Å². The zero-order chi connectivity index (χ0) is 14.7. The van der Waals surface area contributed by atoms with Crippen molar-refractivity contribution in [1.82, 2.24) is 0 Å². The normalized spacial score (nSPS) is 12.2. The van der Waals surface area contributed by atoms with E-state index in [0.29, 0.717) is 22.9 Å². The molecule has 0 radical (unpaired) electrons. The molecule has 0 bridgehead atoms. The van der Waals surface area contributed by atoms with E-state index in [0.717, 1.165) is 11.1 Å². The minimum Gasteiger partial charge on any atom is -0.457 e. The molecular weight excluding hydrogens is 277 g/mol. The van der Waals surface area contributed by atoms with Gasteiger partial charge in [0.25, 0.3) is 0 Å². The second-order valence-corrected chi connectivity index (χ2v) is 5.35. The lowest BCUT2D eigenvalue weighted by Gasteiger charge is -2.13. The molecule has 4 heteroatoms. The van der Waals surface area contributed by atoms with E-state index in [-0.39, 0.29) is 11.9 Å². The van der Waals surface area contributed by atoms with Crippen molar-refractivity contribution in [3.8, 4) is 11.5 Å². The molecule has 0 aliphatic heterocycles. The van der Waals surface area contributed by atoms with Crippen molar-refractivity contribution in [2.45, 2.75) is 26.3 Å². The van der Waals surface area contributed by atoms with Gasteiger partial charge in [0.05, 0.1) is 0 Å². The molecule has 0 spiro atoms. The predicted molar refractivity (Wildman–Crippen MR) is 80.0 cm³/mol. The van der Waals surface area contributed by atoms with E-state index in [2.05, 4.69) is 0 Å². The molecule has 0 saturated heterocycles. The molecular formula is C16H17ClFNO. The average molecular weight is 294 g/mol. The Labute approximate surface area is 123 Å². The highest BCUT2D eigenvalue weighted by Crippen LogP contribution is 2.29. The molecule has 0 amide bonds. The Bertz CT molecular complexity index is 613. The van der Waals surface area contributed by atoms with Crippen LogP contribution in [-0.2, 0) is 6.42 Å². The van der Waals surface area contributed by atoms with Crippen LogP contribution in [0, 0.1) is 12.7 Å². The number of hydrogen-bond donors (Lipinski definition) is 1. The van der Waals surface area contributed by atoms with E-state index >= 15 is 0 Å². The smallest absolute Gasteiger partial charge is 0.130 e. The first-order valence-electron chi connectivity index (χ1n) is 6.43. The lowest BCUT2D eigenvalue weighted by Crippen LogP contribution is -2.18. The maximum Gasteiger partial charge on any atom is 0.130 e. The summed E-state index contributed by atoms with van der Waals surface area (Å²) in [5.41, 5.74) is 7.47. The zero-order valence-corrected chi connectivity index (χ0v) is 12.2. The van der Waals surface area contributed by atoms with Crippen LogP contribution in [-0.4, -0.2) is 6.04 Å². The van der Waals surface area contributed by atoms with Gasteiger partial charge in [-0.3, -0.25) is 0 Å². The molecule has 2 aromatic carbocycles. The topological polar surface area (TPSA) is 35.2 Å². The van der Waals surface area contributed by atoms with Crippen LogP contribution in [0.15, 0.2) is 36.4 Å². The fourth-order valence-corrected chi connectivity index (χ4v) is 2.08. The molecule has 1 unspecified atom stereocenters. The molecule has 0 heterocycles. The number of halogens is 2. The van der Waals surface area contributed by atoms with E-state index < -0.39 is 0 Å².